The molecule has 2 aromatic heterocycles. The van der Waals surface area contributed by atoms with Gasteiger partial charge in [0, 0.05) is 12.1 Å². The van der Waals surface area contributed by atoms with Crippen molar-refractivity contribution < 1.29 is 4.79 Å². The molecule has 3 aromatic rings. The number of thiophene rings is 1. The second-order valence-corrected chi connectivity index (χ2v) is 6.78. The van der Waals surface area contributed by atoms with Crippen LogP contribution in [0.1, 0.15) is 40.4 Å². The van der Waals surface area contributed by atoms with Gasteiger partial charge >= 0.3 is 0 Å². The molecule has 1 aromatic carbocycles. The van der Waals surface area contributed by atoms with E-state index in [0.29, 0.717) is 6.54 Å². The van der Waals surface area contributed by atoms with Crippen LogP contribution < -0.4 is 0 Å². The van der Waals surface area contributed by atoms with Crippen molar-refractivity contribution in [2.75, 3.05) is 6.54 Å². The number of aromatic nitrogens is 3. The molecule has 24 heavy (non-hydrogen) atoms. The van der Waals surface area contributed by atoms with Gasteiger partial charge in [-0.1, -0.05) is 12.1 Å². The largest absolute Gasteiger partial charge is 0.332 e. The highest BCUT2D eigenvalue weighted by atomic mass is 32.1. The molecule has 3 heterocycles. The molecule has 0 saturated carbocycles. The van der Waals surface area contributed by atoms with E-state index < -0.39 is 0 Å². The van der Waals surface area contributed by atoms with Crippen LogP contribution in [0.25, 0.3) is 0 Å². The molecule has 1 atom stereocenters. The van der Waals surface area contributed by atoms with Gasteiger partial charge in [-0.05, 0) is 52.9 Å². The maximum absolute atomic E-state index is 12.9. The Morgan fingerprint density at radius 3 is 2.83 bits per heavy atom. The average molecular weight is 338 g/mol. The number of rotatable bonds is 4. The molecule has 1 unspecified atom stereocenters. The molecule has 0 N–H and O–H groups in total. The number of hydrogen-bond donors (Lipinski definition) is 0. The van der Waals surface area contributed by atoms with Crippen molar-refractivity contribution in [2.45, 2.75) is 25.4 Å². The molecular formula is C18H18N4OS. The molecular weight excluding hydrogens is 320 g/mol. The summed E-state index contributed by atoms with van der Waals surface area (Å²) in [6.07, 6.45) is 5.33. The fourth-order valence-electron chi connectivity index (χ4n) is 3.24. The normalized spacial score (nSPS) is 17.3. The lowest BCUT2D eigenvalue weighted by molar-refractivity contribution is 0.0736. The minimum atomic E-state index is 0.121. The summed E-state index contributed by atoms with van der Waals surface area (Å²) in [5.41, 5.74) is 3.11. The van der Waals surface area contributed by atoms with Crippen LogP contribution in [0.2, 0.25) is 0 Å². The van der Waals surface area contributed by atoms with Gasteiger partial charge in [-0.25, -0.2) is 9.67 Å². The maximum atomic E-state index is 12.9. The average Bonchev–Trinajstić information content (AvgIpc) is 3.36. The Balaban J connectivity index is 1.49. The second kappa shape index (κ2) is 6.57. The van der Waals surface area contributed by atoms with Gasteiger partial charge in [0.2, 0.25) is 0 Å². The number of likely N-dealkylation sites (tertiary alicyclic amines) is 1. The summed E-state index contributed by atoms with van der Waals surface area (Å²) in [5, 5.41) is 8.33. The summed E-state index contributed by atoms with van der Waals surface area (Å²) < 4.78 is 1.77. The zero-order chi connectivity index (χ0) is 16.4. The smallest absolute Gasteiger partial charge is 0.254 e. The van der Waals surface area contributed by atoms with Crippen molar-refractivity contribution in [1.82, 2.24) is 19.7 Å². The number of nitrogens with zero attached hydrogens (tertiary/aromatic N) is 4. The van der Waals surface area contributed by atoms with E-state index in [4.69, 9.17) is 0 Å². The number of benzene rings is 1. The van der Waals surface area contributed by atoms with Crippen LogP contribution >= 0.6 is 11.3 Å². The fourth-order valence-corrected chi connectivity index (χ4v) is 3.95. The standard InChI is InChI=1S/C18H18N4OS/c23-18(22-8-1-2-17(22)16-7-9-24-11-16)15-5-3-14(4-6-15)10-21-13-19-12-20-21/h3-7,9,11-13,17H,1-2,8,10H2. The lowest BCUT2D eigenvalue weighted by Gasteiger charge is -2.24. The summed E-state index contributed by atoms with van der Waals surface area (Å²) in [6, 6.07) is 10.2. The fraction of sp³-hybridized carbons (Fsp3) is 0.278. The molecule has 5 nitrogen and oxygen atoms in total. The van der Waals surface area contributed by atoms with Crippen molar-refractivity contribution in [3.63, 3.8) is 0 Å². The van der Waals surface area contributed by atoms with E-state index in [2.05, 4.69) is 26.9 Å². The minimum Gasteiger partial charge on any atom is -0.332 e. The first kappa shape index (κ1) is 15.1. The summed E-state index contributed by atoms with van der Waals surface area (Å²) >= 11 is 1.69. The van der Waals surface area contributed by atoms with Crippen LogP contribution in [0.5, 0.6) is 0 Å². The summed E-state index contributed by atoms with van der Waals surface area (Å²) in [7, 11) is 0. The number of hydrogen-bond acceptors (Lipinski definition) is 4. The Kier molecular flexibility index (Phi) is 4.13. The first-order valence-corrected chi connectivity index (χ1v) is 9.00. The molecule has 1 aliphatic heterocycles. The predicted molar refractivity (Wildman–Crippen MR) is 92.9 cm³/mol. The Bertz CT molecular complexity index is 796. The Morgan fingerprint density at radius 1 is 1.25 bits per heavy atom. The highest BCUT2D eigenvalue weighted by molar-refractivity contribution is 7.08. The van der Waals surface area contributed by atoms with E-state index in [1.807, 2.05) is 29.2 Å². The van der Waals surface area contributed by atoms with E-state index in [-0.39, 0.29) is 11.9 Å². The number of carbonyl (C=O) groups is 1. The van der Waals surface area contributed by atoms with Crippen molar-refractivity contribution >= 4 is 17.2 Å². The monoisotopic (exact) mass is 338 g/mol. The Labute approximate surface area is 144 Å². The summed E-state index contributed by atoms with van der Waals surface area (Å²) in [5.74, 6) is 0.121. The van der Waals surface area contributed by atoms with Gasteiger partial charge in [-0.15, -0.1) is 0 Å². The van der Waals surface area contributed by atoms with Crippen molar-refractivity contribution in [1.29, 1.82) is 0 Å². The van der Waals surface area contributed by atoms with Crippen LogP contribution in [0, 0.1) is 0 Å². The van der Waals surface area contributed by atoms with Crippen LogP contribution in [-0.4, -0.2) is 32.1 Å². The zero-order valence-electron chi connectivity index (χ0n) is 13.2. The lowest BCUT2D eigenvalue weighted by atomic mass is 10.1. The predicted octanol–water partition coefficient (Wildman–Crippen LogP) is 3.37. The van der Waals surface area contributed by atoms with Crippen molar-refractivity contribution in [2.24, 2.45) is 0 Å². The first-order valence-electron chi connectivity index (χ1n) is 8.06. The highest BCUT2D eigenvalue weighted by Gasteiger charge is 2.30. The molecule has 6 heteroatoms. The van der Waals surface area contributed by atoms with E-state index in [9.17, 15) is 4.79 Å². The van der Waals surface area contributed by atoms with Gasteiger partial charge in [0.15, 0.2) is 0 Å². The summed E-state index contributed by atoms with van der Waals surface area (Å²) in [4.78, 5) is 18.8. The number of carbonyl (C=O) groups excluding carboxylic acids is 1. The van der Waals surface area contributed by atoms with E-state index >= 15 is 0 Å². The second-order valence-electron chi connectivity index (χ2n) is 6.00. The highest BCUT2D eigenvalue weighted by Crippen LogP contribution is 2.34. The third kappa shape index (κ3) is 2.97. The molecule has 1 saturated heterocycles. The lowest BCUT2D eigenvalue weighted by Crippen LogP contribution is -2.30. The minimum absolute atomic E-state index is 0.121. The maximum Gasteiger partial charge on any atom is 0.254 e. The van der Waals surface area contributed by atoms with Gasteiger partial charge in [-0.2, -0.15) is 16.4 Å². The van der Waals surface area contributed by atoms with Crippen molar-refractivity contribution in [3.05, 3.63) is 70.4 Å². The van der Waals surface area contributed by atoms with Crippen molar-refractivity contribution in [3.8, 4) is 0 Å². The molecule has 4 rings (SSSR count). The quantitative estimate of drug-likeness (QED) is 0.733. The molecule has 0 aliphatic carbocycles. The number of amides is 1. The molecule has 1 aliphatic rings. The van der Waals surface area contributed by atoms with Gasteiger partial charge in [0.25, 0.3) is 5.91 Å². The third-order valence-corrected chi connectivity index (χ3v) is 5.16. The molecule has 0 radical (unpaired) electrons. The van der Waals surface area contributed by atoms with Gasteiger partial charge in [-0.3, -0.25) is 4.79 Å². The van der Waals surface area contributed by atoms with E-state index in [0.717, 1.165) is 30.5 Å². The molecule has 122 valence electrons. The van der Waals surface area contributed by atoms with Gasteiger partial charge in [0.05, 0.1) is 12.6 Å². The zero-order valence-corrected chi connectivity index (χ0v) is 14.0. The van der Waals surface area contributed by atoms with Crippen LogP contribution in [0.4, 0.5) is 0 Å². The molecule has 1 amide bonds. The first-order chi connectivity index (χ1) is 11.8. The SMILES string of the molecule is O=C(c1ccc(Cn2cncn2)cc1)N1CCCC1c1ccsc1. The van der Waals surface area contributed by atoms with E-state index in [1.54, 1.807) is 22.3 Å². The summed E-state index contributed by atoms with van der Waals surface area (Å²) in [6.45, 7) is 1.50. The Morgan fingerprint density at radius 2 is 2.12 bits per heavy atom. The van der Waals surface area contributed by atoms with Crippen LogP contribution in [0.15, 0.2) is 53.7 Å². The van der Waals surface area contributed by atoms with Crippen LogP contribution in [-0.2, 0) is 6.54 Å². The van der Waals surface area contributed by atoms with E-state index in [1.165, 1.54) is 11.9 Å². The molecule has 0 spiro atoms. The third-order valence-electron chi connectivity index (χ3n) is 4.45. The van der Waals surface area contributed by atoms with Gasteiger partial charge in [0.1, 0.15) is 12.7 Å². The molecule has 1 fully saturated rings. The topological polar surface area (TPSA) is 51.0 Å². The van der Waals surface area contributed by atoms with Crippen LogP contribution in [0.3, 0.4) is 0 Å². The molecule has 0 bridgehead atoms. The Hall–Kier alpha value is -2.47. The van der Waals surface area contributed by atoms with Gasteiger partial charge < -0.3 is 4.90 Å².